The van der Waals surface area contributed by atoms with E-state index in [0.717, 1.165) is 0 Å². The van der Waals surface area contributed by atoms with E-state index in [2.05, 4.69) is 10.6 Å². The number of hydrogen-bond acceptors (Lipinski definition) is 4. The molecule has 1 aliphatic rings. The molecule has 1 saturated carbocycles. The molecule has 8 heteroatoms. The minimum atomic E-state index is -1.23. The van der Waals surface area contributed by atoms with Crippen LogP contribution in [0.3, 0.4) is 0 Å². The molecule has 146 valence electrons. The van der Waals surface area contributed by atoms with E-state index in [1.54, 1.807) is 6.07 Å². The van der Waals surface area contributed by atoms with Gasteiger partial charge in [-0.05, 0) is 36.5 Å². The number of hydrogen-bond donors (Lipinski definition) is 3. The van der Waals surface area contributed by atoms with Gasteiger partial charge in [-0.1, -0.05) is 12.1 Å². The average Bonchev–Trinajstić information content (AvgIpc) is 2.58. The van der Waals surface area contributed by atoms with Crippen LogP contribution in [-0.2, 0) is 25.6 Å². The van der Waals surface area contributed by atoms with Gasteiger partial charge in [0.05, 0.1) is 0 Å². The van der Waals surface area contributed by atoms with Crippen molar-refractivity contribution < 1.29 is 28.7 Å². The molecule has 0 unspecified atom stereocenters. The van der Waals surface area contributed by atoms with E-state index in [-0.39, 0.29) is 18.6 Å². The lowest BCUT2D eigenvalue weighted by Crippen LogP contribution is -2.54. The SMILES string of the molecule is CC(=O)N[C@@H](Cc1cccc(F)c1)C(=O)N[C@H](C(=O)O)[C@@H]1CCCC(=O)C1. The van der Waals surface area contributed by atoms with Crippen LogP contribution in [0.2, 0.25) is 0 Å². The van der Waals surface area contributed by atoms with Gasteiger partial charge in [0.15, 0.2) is 0 Å². The normalized spacial score (nSPS) is 19.0. The van der Waals surface area contributed by atoms with Crippen molar-refractivity contribution in [3.05, 3.63) is 35.6 Å². The second-order valence-electron chi connectivity index (χ2n) is 6.81. The summed E-state index contributed by atoms with van der Waals surface area (Å²) in [6.45, 7) is 1.24. The first-order chi connectivity index (χ1) is 12.8. The van der Waals surface area contributed by atoms with Gasteiger partial charge >= 0.3 is 5.97 Å². The molecule has 0 aliphatic heterocycles. The number of Topliss-reactive ketones (excluding diaryl/α,β-unsaturated/α-hetero) is 1. The minimum absolute atomic E-state index is 0.0130. The van der Waals surface area contributed by atoms with E-state index in [1.165, 1.54) is 25.1 Å². The number of carbonyl (C=O) groups is 4. The fourth-order valence-corrected chi connectivity index (χ4v) is 3.33. The van der Waals surface area contributed by atoms with Gasteiger partial charge in [0.25, 0.3) is 0 Å². The lowest BCUT2D eigenvalue weighted by Gasteiger charge is -2.29. The highest BCUT2D eigenvalue weighted by Crippen LogP contribution is 2.24. The van der Waals surface area contributed by atoms with E-state index < -0.39 is 41.6 Å². The first-order valence-electron chi connectivity index (χ1n) is 8.82. The number of halogens is 1. The van der Waals surface area contributed by atoms with Crippen LogP contribution in [0.25, 0.3) is 0 Å². The summed E-state index contributed by atoms with van der Waals surface area (Å²) in [5.41, 5.74) is 0.489. The maximum atomic E-state index is 13.4. The Hall–Kier alpha value is -2.77. The highest BCUT2D eigenvalue weighted by molar-refractivity contribution is 5.90. The van der Waals surface area contributed by atoms with Crippen LogP contribution in [0.15, 0.2) is 24.3 Å². The third-order valence-corrected chi connectivity index (χ3v) is 4.58. The number of nitrogens with one attached hydrogen (secondary N) is 2. The number of benzene rings is 1. The number of ketones is 1. The summed E-state index contributed by atoms with van der Waals surface area (Å²) in [4.78, 5) is 47.4. The standard InChI is InChI=1S/C19H23FN2O5/c1-11(23)21-16(9-12-4-2-6-14(20)8-12)18(25)22-17(19(26)27)13-5-3-7-15(24)10-13/h2,4,6,8,13,16-17H,3,5,7,9-10H2,1H3,(H,21,23)(H,22,25)(H,26,27)/t13-,16+,17+/m1/s1. The molecule has 1 aromatic carbocycles. The summed E-state index contributed by atoms with van der Waals surface area (Å²) in [6, 6.07) is 3.34. The molecule has 1 aliphatic carbocycles. The van der Waals surface area contributed by atoms with Crippen molar-refractivity contribution >= 4 is 23.6 Å². The molecule has 0 radical (unpaired) electrons. The van der Waals surface area contributed by atoms with Gasteiger partial charge in [-0.25, -0.2) is 9.18 Å². The van der Waals surface area contributed by atoms with Gasteiger partial charge in [0.2, 0.25) is 11.8 Å². The zero-order valence-electron chi connectivity index (χ0n) is 15.0. The van der Waals surface area contributed by atoms with Gasteiger partial charge < -0.3 is 15.7 Å². The molecule has 3 N–H and O–H groups in total. The van der Waals surface area contributed by atoms with E-state index >= 15 is 0 Å². The Morgan fingerprint density at radius 3 is 2.63 bits per heavy atom. The van der Waals surface area contributed by atoms with Gasteiger partial charge in [-0.15, -0.1) is 0 Å². The van der Waals surface area contributed by atoms with Gasteiger partial charge in [-0.2, -0.15) is 0 Å². The second-order valence-corrected chi connectivity index (χ2v) is 6.81. The molecule has 3 atom stereocenters. The first-order valence-corrected chi connectivity index (χ1v) is 8.82. The van der Waals surface area contributed by atoms with Gasteiger partial charge in [-0.3, -0.25) is 14.4 Å². The molecule has 1 aromatic rings. The fraction of sp³-hybridized carbons (Fsp3) is 0.474. The van der Waals surface area contributed by atoms with Crippen molar-refractivity contribution in [2.45, 2.75) is 51.1 Å². The number of carboxylic acids is 1. The van der Waals surface area contributed by atoms with Crippen LogP contribution in [0.4, 0.5) is 4.39 Å². The zero-order chi connectivity index (χ0) is 20.0. The van der Waals surface area contributed by atoms with Gasteiger partial charge in [0, 0.05) is 26.2 Å². The van der Waals surface area contributed by atoms with Crippen LogP contribution in [0.1, 0.15) is 38.2 Å². The van der Waals surface area contributed by atoms with Crippen molar-refractivity contribution in [1.29, 1.82) is 0 Å². The van der Waals surface area contributed by atoms with E-state index in [1.807, 2.05) is 0 Å². The van der Waals surface area contributed by atoms with Crippen molar-refractivity contribution in [2.24, 2.45) is 5.92 Å². The van der Waals surface area contributed by atoms with E-state index in [4.69, 9.17) is 0 Å². The molecular weight excluding hydrogens is 355 g/mol. The maximum absolute atomic E-state index is 13.4. The Bertz CT molecular complexity index is 737. The predicted molar refractivity (Wildman–Crippen MR) is 94.2 cm³/mol. The lowest BCUT2D eigenvalue weighted by atomic mass is 9.83. The Labute approximate surface area is 156 Å². The summed E-state index contributed by atoms with van der Waals surface area (Å²) in [5.74, 6) is -3.36. The number of rotatable bonds is 7. The topological polar surface area (TPSA) is 113 Å². The van der Waals surface area contributed by atoms with Crippen LogP contribution in [0, 0.1) is 11.7 Å². The average molecular weight is 378 g/mol. The van der Waals surface area contributed by atoms with E-state index in [9.17, 15) is 28.7 Å². The molecule has 0 heterocycles. The molecular formula is C19H23FN2O5. The Morgan fingerprint density at radius 2 is 2.04 bits per heavy atom. The third-order valence-electron chi connectivity index (χ3n) is 4.58. The second kappa shape index (κ2) is 9.25. The van der Waals surface area contributed by atoms with Crippen molar-refractivity contribution in [3.8, 4) is 0 Å². The number of aliphatic carboxylic acids is 1. The van der Waals surface area contributed by atoms with Crippen molar-refractivity contribution in [3.63, 3.8) is 0 Å². The largest absolute Gasteiger partial charge is 0.480 e. The van der Waals surface area contributed by atoms with Crippen LogP contribution >= 0.6 is 0 Å². The summed E-state index contributed by atoms with van der Waals surface area (Å²) >= 11 is 0. The molecule has 27 heavy (non-hydrogen) atoms. The highest BCUT2D eigenvalue weighted by atomic mass is 19.1. The molecule has 0 spiro atoms. The quantitative estimate of drug-likeness (QED) is 0.660. The fourth-order valence-electron chi connectivity index (χ4n) is 3.33. The Kier molecular flexibility index (Phi) is 7.04. The summed E-state index contributed by atoms with van der Waals surface area (Å²) in [7, 11) is 0. The predicted octanol–water partition coefficient (Wildman–Crippen LogP) is 1.20. The minimum Gasteiger partial charge on any atom is -0.480 e. The summed E-state index contributed by atoms with van der Waals surface area (Å²) < 4.78 is 13.4. The molecule has 2 amide bonds. The van der Waals surface area contributed by atoms with Crippen LogP contribution < -0.4 is 10.6 Å². The smallest absolute Gasteiger partial charge is 0.326 e. The summed E-state index contributed by atoms with van der Waals surface area (Å²) in [5, 5.41) is 14.4. The van der Waals surface area contributed by atoms with Crippen molar-refractivity contribution in [1.82, 2.24) is 10.6 Å². The zero-order valence-corrected chi connectivity index (χ0v) is 15.0. The lowest BCUT2D eigenvalue weighted by molar-refractivity contribution is -0.144. The molecule has 0 aromatic heterocycles. The molecule has 0 saturated heterocycles. The summed E-state index contributed by atoms with van der Waals surface area (Å²) in [6.07, 6.45) is 1.65. The maximum Gasteiger partial charge on any atom is 0.326 e. The van der Waals surface area contributed by atoms with Crippen molar-refractivity contribution in [2.75, 3.05) is 0 Å². The molecule has 7 nitrogen and oxygen atoms in total. The Balaban J connectivity index is 2.13. The number of carbonyl (C=O) groups excluding carboxylic acids is 3. The van der Waals surface area contributed by atoms with Crippen LogP contribution in [0.5, 0.6) is 0 Å². The molecule has 0 bridgehead atoms. The van der Waals surface area contributed by atoms with Gasteiger partial charge in [0.1, 0.15) is 23.7 Å². The Morgan fingerprint density at radius 1 is 1.30 bits per heavy atom. The van der Waals surface area contributed by atoms with Crippen LogP contribution in [-0.4, -0.2) is 40.8 Å². The molecule has 1 fully saturated rings. The highest BCUT2D eigenvalue weighted by Gasteiger charge is 2.35. The third kappa shape index (κ3) is 6.16. The molecule has 2 rings (SSSR count). The number of carboxylic acid groups (broad SMARTS) is 1. The monoisotopic (exact) mass is 378 g/mol. The number of amides is 2. The van der Waals surface area contributed by atoms with E-state index in [0.29, 0.717) is 24.8 Å². The first kappa shape index (κ1) is 20.5.